The van der Waals surface area contributed by atoms with Gasteiger partial charge in [0.15, 0.2) is 11.5 Å². The Morgan fingerprint density at radius 1 is 1.50 bits per heavy atom. The Hall–Kier alpha value is -2.79. The van der Waals surface area contributed by atoms with Crippen LogP contribution in [0.4, 0.5) is 0 Å². The highest BCUT2D eigenvalue weighted by atomic mass is 16.5. The second kappa shape index (κ2) is 5.20. The third kappa shape index (κ3) is 2.21. The Balaban J connectivity index is 1.64. The van der Waals surface area contributed by atoms with Crippen molar-refractivity contribution in [2.45, 2.75) is 25.5 Å². The van der Waals surface area contributed by atoms with Crippen LogP contribution in [0.3, 0.4) is 0 Å². The molecule has 4 heterocycles. The zero-order valence-corrected chi connectivity index (χ0v) is 11.7. The van der Waals surface area contributed by atoms with E-state index in [0.717, 1.165) is 19.4 Å². The summed E-state index contributed by atoms with van der Waals surface area (Å²) in [5, 5.41) is 17.3. The summed E-state index contributed by atoms with van der Waals surface area (Å²) in [5.74, 6) is 0.559. The minimum absolute atomic E-state index is 0.206. The van der Waals surface area contributed by atoms with Crippen LogP contribution in [-0.4, -0.2) is 42.7 Å². The molecule has 0 bridgehead atoms. The van der Waals surface area contributed by atoms with Gasteiger partial charge in [0.2, 0.25) is 0 Å². The number of fused-ring (bicyclic) bond motifs is 1. The van der Waals surface area contributed by atoms with Gasteiger partial charge >= 0.3 is 0 Å². The van der Waals surface area contributed by atoms with E-state index >= 15 is 0 Å². The van der Waals surface area contributed by atoms with Crippen LogP contribution in [0.1, 0.15) is 18.4 Å². The highest BCUT2D eigenvalue weighted by Crippen LogP contribution is 2.20. The first-order valence-electron chi connectivity index (χ1n) is 7.10. The van der Waals surface area contributed by atoms with Crippen molar-refractivity contribution >= 4 is 11.2 Å². The molecule has 0 radical (unpaired) electrons. The maximum absolute atomic E-state index is 9.11. The van der Waals surface area contributed by atoms with Gasteiger partial charge in [-0.15, -0.1) is 5.10 Å². The van der Waals surface area contributed by atoms with Crippen molar-refractivity contribution in [1.29, 1.82) is 5.26 Å². The molecule has 110 valence electrons. The topological polar surface area (TPSA) is 105 Å². The SMILES string of the molecule is N#Cc1ccnc2nc(-c3cn(CC4CCCO4)nn3)[nH]c12. The molecule has 4 rings (SSSR count). The van der Waals surface area contributed by atoms with Crippen LogP contribution >= 0.6 is 0 Å². The van der Waals surface area contributed by atoms with Gasteiger partial charge in [-0.25, -0.2) is 14.6 Å². The maximum atomic E-state index is 9.11. The van der Waals surface area contributed by atoms with Crippen molar-refractivity contribution in [3.63, 3.8) is 0 Å². The lowest BCUT2D eigenvalue weighted by Crippen LogP contribution is -2.15. The van der Waals surface area contributed by atoms with Crippen LogP contribution in [0.2, 0.25) is 0 Å². The predicted octanol–water partition coefficient (Wildman–Crippen LogP) is 1.27. The lowest BCUT2D eigenvalue weighted by molar-refractivity contribution is 0.0935. The Morgan fingerprint density at radius 2 is 2.45 bits per heavy atom. The number of nitrogens with one attached hydrogen (secondary N) is 1. The first kappa shape index (κ1) is 12.9. The molecule has 0 aliphatic carbocycles. The number of rotatable bonds is 3. The molecule has 1 unspecified atom stereocenters. The molecule has 22 heavy (non-hydrogen) atoms. The molecule has 1 saturated heterocycles. The number of hydrogen-bond donors (Lipinski definition) is 1. The molecule has 0 aromatic carbocycles. The summed E-state index contributed by atoms with van der Waals surface area (Å²) in [5.41, 5.74) is 2.26. The van der Waals surface area contributed by atoms with Crippen molar-refractivity contribution in [3.8, 4) is 17.6 Å². The monoisotopic (exact) mass is 295 g/mol. The fourth-order valence-corrected chi connectivity index (χ4v) is 2.62. The third-order valence-electron chi connectivity index (χ3n) is 3.71. The van der Waals surface area contributed by atoms with E-state index in [0.29, 0.717) is 34.8 Å². The molecule has 0 saturated carbocycles. The van der Waals surface area contributed by atoms with E-state index < -0.39 is 0 Å². The fraction of sp³-hybridized carbons (Fsp3) is 0.357. The molecule has 1 aliphatic heterocycles. The molecular formula is C14H13N7O. The van der Waals surface area contributed by atoms with Crippen molar-refractivity contribution in [1.82, 2.24) is 29.9 Å². The highest BCUT2D eigenvalue weighted by Gasteiger charge is 2.18. The lowest BCUT2D eigenvalue weighted by Gasteiger charge is -2.07. The van der Waals surface area contributed by atoms with Crippen molar-refractivity contribution < 1.29 is 4.74 Å². The second-order valence-corrected chi connectivity index (χ2v) is 5.22. The minimum atomic E-state index is 0.206. The number of nitrogens with zero attached hydrogens (tertiary/aromatic N) is 6. The third-order valence-corrected chi connectivity index (χ3v) is 3.71. The number of nitriles is 1. The average Bonchev–Trinajstić information content (AvgIpc) is 3.26. The quantitative estimate of drug-likeness (QED) is 0.780. The molecule has 8 heteroatoms. The first-order chi connectivity index (χ1) is 10.8. The summed E-state index contributed by atoms with van der Waals surface area (Å²) in [6.07, 6.45) is 5.75. The van der Waals surface area contributed by atoms with Gasteiger partial charge in [0.05, 0.1) is 24.4 Å². The minimum Gasteiger partial charge on any atom is -0.376 e. The number of hydrogen-bond acceptors (Lipinski definition) is 6. The summed E-state index contributed by atoms with van der Waals surface area (Å²) < 4.78 is 7.35. The molecule has 3 aromatic heterocycles. The smallest absolute Gasteiger partial charge is 0.179 e. The van der Waals surface area contributed by atoms with E-state index in [1.54, 1.807) is 16.9 Å². The van der Waals surface area contributed by atoms with Crippen molar-refractivity contribution in [2.75, 3.05) is 6.61 Å². The Labute approximate surface area is 125 Å². The molecule has 1 atom stereocenters. The molecule has 1 fully saturated rings. The number of imidazole rings is 1. The summed E-state index contributed by atoms with van der Waals surface area (Å²) in [4.78, 5) is 11.6. The molecule has 8 nitrogen and oxygen atoms in total. The van der Waals surface area contributed by atoms with Gasteiger partial charge < -0.3 is 9.72 Å². The van der Waals surface area contributed by atoms with Gasteiger partial charge in [0, 0.05) is 12.8 Å². The zero-order chi connectivity index (χ0) is 14.9. The number of ether oxygens (including phenoxy) is 1. The number of pyridine rings is 1. The molecular weight excluding hydrogens is 282 g/mol. The van der Waals surface area contributed by atoms with Crippen LogP contribution in [0.5, 0.6) is 0 Å². The van der Waals surface area contributed by atoms with Crippen LogP contribution in [-0.2, 0) is 11.3 Å². The van der Waals surface area contributed by atoms with Crippen LogP contribution in [0, 0.1) is 11.3 Å². The standard InChI is InChI=1S/C14H13N7O/c15-6-9-3-4-16-14-12(9)17-13(18-14)11-8-21(20-19-11)7-10-2-1-5-22-10/h3-4,8,10H,1-2,5,7H2,(H,16,17,18). The van der Waals surface area contributed by atoms with Gasteiger partial charge in [-0.3, -0.25) is 0 Å². The van der Waals surface area contributed by atoms with Crippen molar-refractivity contribution in [3.05, 3.63) is 24.0 Å². The molecule has 0 spiro atoms. The average molecular weight is 295 g/mol. The number of aromatic nitrogens is 6. The fourth-order valence-electron chi connectivity index (χ4n) is 2.62. The summed E-state index contributed by atoms with van der Waals surface area (Å²) >= 11 is 0. The molecule has 1 N–H and O–H groups in total. The van der Waals surface area contributed by atoms with Gasteiger partial charge in [-0.1, -0.05) is 5.21 Å². The van der Waals surface area contributed by atoms with E-state index in [9.17, 15) is 0 Å². The van der Waals surface area contributed by atoms with Crippen LogP contribution < -0.4 is 0 Å². The molecule has 3 aromatic rings. The summed E-state index contributed by atoms with van der Waals surface area (Å²) in [7, 11) is 0. The highest BCUT2D eigenvalue weighted by molar-refractivity contribution is 5.80. The Morgan fingerprint density at radius 3 is 3.27 bits per heavy atom. The van der Waals surface area contributed by atoms with E-state index in [4.69, 9.17) is 10.00 Å². The van der Waals surface area contributed by atoms with Gasteiger partial charge in [0.1, 0.15) is 17.3 Å². The Kier molecular flexibility index (Phi) is 3.05. The van der Waals surface area contributed by atoms with Gasteiger partial charge in [-0.05, 0) is 18.9 Å². The van der Waals surface area contributed by atoms with E-state index in [1.807, 2.05) is 6.20 Å². The first-order valence-corrected chi connectivity index (χ1v) is 7.10. The van der Waals surface area contributed by atoms with E-state index in [2.05, 4.69) is 31.3 Å². The van der Waals surface area contributed by atoms with Crippen LogP contribution in [0.15, 0.2) is 18.5 Å². The maximum Gasteiger partial charge on any atom is 0.179 e. The summed E-state index contributed by atoms with van der Waals surface area (Å²) in [6.45, 7) is 1.51. The van der Waals surface area contributed by atoms with Gasteiger partial charge in [-0.2, -0.15) is 5.26 Å². The normalized spacial score (nSPS) is 17.9. The number of H-pyrrole nitrogens is 1. The van der Waals surface area contributed by atoms with Crippen molar-refractivity contribution in [2.24, 2.45) is 0 Å². The van der Waals surface area contributed by atoms with E-state index in [1.165, 1.54) is 0 Å². The largest absolute Gasteiger partial charge is 0.376 e. The second-order valence-electron chi connectivity index (χ2n) is 5.22. The predicted molar refractivity (Wildman–Crippen MR) is 76.6 cm³/mol. The van der Waals surface area contributed by atoms with Gasteiger partial charge in [0.25, 0.3) is 0 Å². The lowest BCUT2D eigenvalue weighted by atomic mass is 10.2. The number of aromatic amines is 1. The van der Waals surface area contributed by atoms with Crippen LogP contribution in [0.25, 0.3) is 22.7 Å². The molecule has 0 amide bonds. The van der Waals surface area contributed by atoms with E-state index in [-0.39, 0.29) is 6.10 Å². The zero-order valence-electron chi connectivity index (χ0n) is 11.7. The molecule has 1 aliphatic rings. The summed E-state index contributed by atoms with van der Waals surface area (Å²) in [6, 6.07) is 3.77. The Bertz CT molecular complexity index is 854.